The van der Waals surface area contributed by atoms with Gasteiger partial charge in [-0.05, 0) is 61.2 Å². The number of aryl methyl sites for hydroxylation is 1. The number of hydrogen-bond donors (Lipinski definition) is 2. The number of benzene rings is 3. The summed E-state index contributed by atoms with van der Waals surface area (Å²) >= 11 is 0. The molecule has 2 N–H and O–H groups in total. The van der Waals surface area contributed by atoms with Crippen LogP contribution in [0.15, 0.2) is 72.8 Å². The molecule has 0 aliphatic carbocycles. The highest BCUT2D eigenvalue weighted by Gasteiger charge is 2.49. The smallest absolute Gasteiger partial charge is 0.321 e. The third kappa shape index (κ3) is 4.95. The SMILES string of the molecule is Cc1ccc(-c2ccc([C@H]3[C@@H](CO)N4CCCCN(C(=O)Nc5cccc(F)c5)C[C@@H]34)cc2)cc1. The normalized spacial score (nSPS) is 22.5. The van der Waals surface area contributed by atoms with Crippen molar-refractivity contribution in [3.05, 3.63) is 89.7 Å². The topological polar surface area (TPSA) is 55.8 Å². The van der Waals surface area contributed by atoms with Crippen LogP contribution in [0, 0.1) is 12.7 Å². The van der Waals surface area contributed by atoms with Gasteiger partial charge >= 0.3 is 6.03 Å². The molecule has 182 valence electrons. The van der Waals surface area contributed by atoms with Crippen molar-refractivity contribution in [2.45, 2.75) is 37.8 Å². The molecule has 2 heterocycles. The highest BCUT2D eigenvalue weighted by atomic mass is 19.1. The van der Waals surface area contributed by atoms with Crippen molar-refractivity contribution < 1.29 is 14.3 Å². The van der Waals surface area contributed by atoms with Gasteiger partial charge in [0.1, 0.15) is 5.82 Å². The number of halogens is 1. The molecule has 3 atom stereocenters. The second-order valence-corrected chi connectivity index (χ2v) is 9.66. The maximum Gasteiger partial charge on any atom is 0.321 e. The summed E-state index contributed by atoms with van der Waals surface area (Å²) in [6.07, 6.45) is 1.86. The summed E-state index contributed by atoms with van der Waals surface area (Å²) in [6, 6.07) is 23.1. The Kier molecular flexibility index (Phi) is 6.84. The van der Waals surface area contributed by atoms with Crippen molar-refractivity contribution in [1.29, 1.82) is 0 Å². The Morgan fingerprint density at radius 2 is 1.69 bits per heavy atom. The minimum absolute atomic E-state index is 0.0523. The molecule has 2 amide bonds. The van der Waals surface area contributed by atoms with Gasteiger partial charge < -0.3 is 15.3 Å². The minimum atomic E-state index is -0.374. The zero-order chi connectivity index (χ0) is 24.4. The van der Waals surface area contributed by atoms with E-state index < -0.39 is 0 Å². The van der Waals surface area contributed by atoms with E-state index in [9.17, 15) is 14.3 Å². The fraction of sp³-hybridized carbons (Fsp3) is 0.345. The van der Waals surface area contributed by atoms with Gasteiger partial charge in [-0.3, -0.25) is 4.90 Å². The van der Waals surface area contributed by atoms with Crippen LogP contribution in [0.1, 0.15) is 29.9 Å². The molecule has 5 rings (SSSR count). The van der Waals surface area contributed by atoms with Gasteiger partial charge in [0.25, 0.3) is 0 Å². The van der Waals surface area contributed by atoms with Crippen LogP contribution in [0.5, 0.6) is 0 Å². The fourth-order valence-corrected chi connectivity index (χ4v) is 5.54. The molecule has 2 fully saturated rings. The molecule has 0 spiro atoms. The van der Waals surface area contributed by atoms with Crippen LogP contribution >= 0.6 is 0 Å². The standard InChI is InChI=1S/C29H32FN3O2/c1-20-7-9-21(10-8-20)22-11-13-23(14-12-22)28-26-18-32(15-2-3-16-33(26)27(28)19-34)29(35)31-25-6-4-5-24(30)17-25/h4-14,17,26-28,34H,2-3,15-16,18-19H2,1H3,(H,31,35)/t26-,27+,28+/m0/s1. The predicted octanol–water partition coefficient (Wildman–Crippen LogP) is 5.26. The van der Waals surface area contributed by atoms with Gasteiger partial charge in [0.15, 0.2) is 0 Å². The number of carbonyl (C=O) groups excluding carboxylic acids is 1. The van der Waals surface area contributed by atoms with Gasteiger partial charge in [0, 0.05) is 36.8 Å². The van der Waals surface area contributed by atoms with Gasteiger partial charge in [-0.1, -0.05) is 60.2 Å². The van der Waals surface area contributed by atoms with Crippen molar-refractivity contribution in [1.82, 2.24) is 9.80 Å². The lowest BCUT2D eigenvalue weighted by Gasteiger charge is -2.57. The Labute approximate surface area is 206 Å². The number of hydrogen-bond acceptors (Lipinski definition) is 3. The van der Waals surface area contributed by atoms with E-state index in [2.05, 4.69) is 65.7 Å². The highest BCUT2D eigenvalue weighted by molar-refractivity contribution is 5.89. The summed E-state index contributed by atoms with van der Waals surface area (Å²) in [6.45, 7) is 4.33. The minimum Gasteiger partial charge on any atom is -0.395 e. The summed E-state index contributed by atoms with van der Waals surface area (Å²) in [5.41, 5.74) is 5.23. The third-order valence-electron chi connectivity index (χ3n) is 7.41. The highest BCUT2D eigenvalue weighted by Crippen LogP contribution is 2.42. The van der Waals surface area contributed by atoms with Gasteiger partial charge in [-0.15, -0.1) is 0 Å². The van der Waals surface area contributed by atoms with E-state index in [0.717, 1.165) is 19.4 Å². The summed E-state index contributed by atoms with van der Waals surface area (Å²) in [4.78, 5) is 17.2. The van der Waals surface area contributed by atoms with Gasteiger partial charge in [0.05, 0.1) is 6.61 Å². The molecule has 0 radical (unpaired) electrons. The number of amides is 2. The Morgan fingerprint density at radius 1 is 1.00 bits per heavy atom. The molecule has 2 aliphatic rings. The number of nitrogens with one attached hydrogen (secondary N) is 1. The van der Waals surface area contributed by atoms with E-state index in [1.165, 1.54) is 34.4 Å². The second-order valence-electron chi connectivity index (χ2n) is 9.66. The number of nitrogens with zero attached hydrogens (tertiary/aromatic N) is 2. The second kappa shape index (κ2) is 10.2. The van der Waals surface area contributed by atoms with E-state index >= 15 is 0 Å². The summed E-state index contributed by atoms with van der Waals surface area (Å²) in [7, 11) is 0. The average Bonchev–Trinajstić information content (AvgIpc) is 2.84. The van der Waals surface area contributed by atoms with Crippen LogP contribution in [-0.2, 0) is 0 Å². The molecule has 0 aromatic heterocycles. The first kappa shape index (κ1) is 23.5. The Hall–Kier alpha value is -3.22. The number of fused-ring (bicyclic) bond motifs is 1. The molecular formula is C29H32FN3O2. The largest absolute Gasteiger partial charge is 0.395 e. The number of urea groups is 1. The van der Waals surface area contributed by atoms with E-state index in [0.29, 0.717) is 18.8 Å². The van der Waals surface area contributed by atoms with Crippen LogP contribution < -0.4 is 5.32 Å². The summed E-state index contributed by atoms with van der Waals surface area (Å²) < 4.78 is 13.6. The van der Waals surface area contributed by atoms with E-state index in [-0.39, 0.29) is 36.5 Å². The van der Waals surface area contributed by atoms with Gasteiger partial charge in [-0.25, -0.2) is 9.18 Å². The van der Waals surface area contributed by atoms with Crippen molar-refractivity contribution in [2.24, 2.45) is 0 Å². The van der Waals surface area contributed by atoms with E-state index in [1.807, 2.05) is 4.90 Å². The molecule has 0 unspecified atom stereocenters. The zero-order valence-electron chi connectivity index (χ0n) is 20.0. The number of aliphatic hydroxyl groups excluding tert-OH is 1. The molecule has 5 nitrogen and oxygen atoms in total. The fourth-order valence-electron chi connectivity index (χ4n) is 5.54. The van der Waals surface area contributed by atoms with Crippen LogP contribution in [-0.4, -0.2) is 59.3 Å². The maximum atomic E-state index is 13.6. The molecule has 2 saturated heterocycles. The van der Waals surface area contributed by atoms with E-state index in [1.54, 1.807) is 12.1 Å². The van der Waals surface area contributed by atoms with Gasteiger partial charge in [-0.2, -0.15) is 0 Å². The van der Waals surface area contributed by atoms with Crippen LogP contribution in [0.3, 0.4) is 0 Å². The Bertz CT molecular complexity index is 1170. The number of anilines is 1. The zero-order valence-corrected chi connectivity index (χ0v) is 20.0. The molecule has 3 aromatic rings. The first-order valence-electron chi connectivity index (χ1n) is 12.4. The molecule has 3 aromatic carbocycles. The lowest BCUT2D eigenvalue weighted by Crippen LogP contribution is -2.68. The van der Waals surface area contributed by atoms with Gasteiger partial charge in [0.2, 0.25) is 0 Å². The van der Waals surface area contributed by atoms with Crippen LogP contribution in [0.4, 0.5) is 14.9 Å². The van der Waals surface area contributed by atoms with Crippen molar-refractivity contribution >= 4 is 11.7 Å². The number of carbonyl (C=O) groups is 1. The Balaban J connectivity index is 1.34. The quantitative estimate of drug-likeness (QED) is 0.544. The van der Waals surface area contributed by atoms with Crippen molar-refractivity contribution in [3.63, 3.8) is 0 Å². The molecule has 2 aliphatic heterocycles. The lowest BCUT2D eigenvalue weighted by molar-refractivity contribution is -0.0585. The summed E-state index contributed by atoms with van der Waals surface area (Å²) in [5.74, 6) is -0.227. The molecule has 0 bridgehead atoms. The first-order chi connectivity index (χ1) is 17.0. The van der Waals surface area contributed by atoms with Crippen molar-refractivity contribution in [3.8, 4) is 11.1 Å². The number of rotatable bonds is 4. The molecule has 35 heavy (non-hydrogen) atoms. The molecular weight excluding hydrogens is 441 g/mol. The number of aliphatic hydroxyl groups is 1. The maximum absolute atomic E-state index is 13.6. The molecule has 0 saturated carbocycles. The lowest BCUT2D eigenvalue weighted by atomic mass is 9.74. The van der Waals surface area contributed by atoms with E-state index in [4.69, 9.17) is 0 Å². The predicted molar refractivity (Wildman–Crippen MR) is 137 cm³/mol. The monoisotopic (exact) mass is 473 g/mol. The van der Waals surface area contributed by atoms with Crippen LogP contribution in [0.25, 0.3) is 11.1 Å². The Morgan fingerprint density at radius 3 is 2.37 bits per heavy atom. The summed E-state index contributed by atoms with van der Waals surface area (Å²) in [5, 5.41) is 13.1. The van der Waals surface area contributed by atoms with Crippen molar-refractivity contribution in [2.75, 3.05) is 31.6 Å². The van der Waals surface area contributed by atoms with Crippen LogP contribution in [0.2, 0.25) is 0 Å². The average molecular weight is 474 g/mol. The first-order valence-corrected chi connectivity index (χ1v) is 12.4. The molecule has 6 heteroatoms. The third-order valence-corrected chi connectivity index (χ3v) is 7.41.